The number of halogens is 2. The highest BCUT2D eigenvalue weighted by atomic mass is 19.1. The Morgan fingerprint density at radius 1 is 1.23 bits per heavy atom. The van der Waals surface area contributed by atoms with Crippen molar-refractivity contribution in [2.24, 2.45) is 5.92 Å². The fourth-order valence-electron chi connectivity index (χ4n) is 3.01. The van der Waals surface area contributed by atoms with E-state index >= 15 is 0 Å². The van der Waals surface area contributed by atoms with Gasteiger partial charge in [-0.2, -0.15) is 0 Å². The van der Waals surface area contributed by atoms with E-state index in [-0.39, 0.29) is 29.3 Å². The van der Waals surface area contributed by atoms with Gasteiger partial charge >= 0.3 is 5.97 Å². The Labute approximate surface area is 148 Å². The van der Waals surface area contributed by atoms with Crippen LogP contribution in [0.3, 0.4) is 0 Å². The predicted octanol–water partition coefficient (Wildman–Crippen LogP) is 3.09. The topological polar surface area (TPSA) is 75.6 Å². The molecule has 2 N–H and O–H groups in total. The number of methoxy groups -OCH3 is 1. The number of benzene rings is 2. The first-order chi connectivity index (χ1) is 12.4. The molecule has 0 heterocycles. The second-order valence-electron chi connectivity index (χ2n) is 6.14. The van der Waals surface area contributed by atoms with E-state index in [2.05, 4.69) is 5.32 Å². The molecule has 1 amide bonds. The quantitative estimate of drug-likeness (QED) is 0.829. The smallest absolute Gasteiger partial charge is 0.339 e. The lowest BCUT2D eigenvalue weighted by Gasteiger charge is -2.09. The van der Waals surface area contributed by atoms with E-state index in [4.69, 9.17) is 9.84 Å². The zero-order valence-electron chi connectivity index (χ0n) is 14.0. The summed E-state index contributed by atoms with van der Waals surface area (Å²) < 4.78 is 32.6. The summed E-state index contributed by atoms with van der Waals surface area (Å²) in [6, 6.07) is 8.17. The third-order valence-corrected chi connectivity index (χ3v) is 4.46. The molecule has 26 heavy (non-hydrogen) atoms. The molecular formula is C19H17F2NO4. The normalized spacial score (nSPS) is 18.3. The van der Waals surface area contributed by atoms with Crippen LogP contribution in [-0.4, -0.2) is 24.1 Å². The molecule has 1 saturated carbocycles. The van der Waals surface area contributed by atoms with Gasteiger partial charge in [0.1, 0.15) is 22.9 Å². The Kier molecular flexibility index (Phi) is 4.88. The number of aromatic carboxylic acids is 1. The number of nitrogens with one attached hydrogen (secondary N) is 1. The number of carbonyl (C=O) groups excluding carboxylic acids is 1. The van der Waals surface area contributed by atoms with Gasteiger partial charge < -0.3 is 15.2 Å². The molecule has 1 aliphatic carbocycles. The van der Waals surface area contributed by atoms with E-state index in [1.54, 1.807) is 6.07 Å². The van der Waals surface area contributed by atoms with Gasteiger partial charge in [0.15, 0.2) is 0 Å². The third kappa shape index (κ3) is 3.51. The minimum absolute atomic E-state index is 0.0276. The molecule has 0 unspecified atom stereocenters. The van der Waals surface area contributed by atoms with Crippen molar-refractivity contribution in [3.8, 4) is 5.75 Å². The first-order valence-electron chi connectivity index (χ1n) is 8.04. The highest BCUT2D eigenvalue weighted by molar-refractivity contribution is 5.91. The maximum Gasteiger partial charge on any atom is 0.339 e. The van der Waals surface area contributed by atoms with Crippen molar-refractivity contribution in [2.75, 3.05) is 7.11 Å². The van der Waals surface area contributed by atoms with Crippen LogP contribution in [0.2, 0.25) is 0 Å². The summed E-state index contributed by atoms with van der Waals surface area (Å²) in [7, 11) is 1.36. The zero-order valence-corrected chi connectivity index (χ0v) is 14.0. The van der Waals surface area contributed by atoms with Gasteiger partial charge in [0, 0.05) is 23.9 Å². The highest BCUT2D eigenvalue weighted by Gasteiger charge is 2.46. The lowest BCUT2D eigenvalue weighted by Crippen LogP contribution is -2.25. The van der Waals surface area contributed by atoms with Crippen molar-refractivity contribution in [3.63, 3.8) is 0 Å². The molecule has 1 fully saturated rings. The Hall–Kier alpha value is -2.96. The van der Waals surface area contributed by atoms with Crippen molar-refractivity contribution in [1.29, 1.82) is 0 Å². The standard InChI is InChI=1S/C19H17F2NO4/c1-26-16-7-10(5-6-11(16)19(24)25)9-22-18(23)13-8-12(13)17-14(20)3-2-4-15(17)21/h2-7,12-13H,8-9H2,1H3,(H,22,23)(H,24,25)/t12-,13-/m0/s1. The van der Waals surface area contributed by atoms with Crippen LogP contribution in [0.5, 0.6) is 5.75 Å². The molecule has 0 radical (unpaired) electrons. The molecule has 2 atom stereocenters. The molecule has 0 spiro atoms. The molecule has 2 aromatic carbocycles. The maximum atomic E-state index is 13.8. The maximum absolute atomic E-state index is 13.8. The average molecular weight is 361 g/mol. The lowest BCUT2D eigenvalue weighted by atomic mass is 10.1. The van der Waals surface area contributed by atoms with Gasteiger partial charge in [-0.3, -0.25) is 4.79 Å². The first-order valence-corrected chi connectivity index (χ1v) is 8.04. The number of carbonyl (C=O) groups is 2. The SMILES string of the molecule is COc1cc(CNC(=O)[C@H]2C[C@@H]2c2c(F)cccc2F)ccc1C(=O)O. The van der Waals surface area contributed by atoms with Gasteiger partial charge in [-0.15, -0.1) is 0 Å². The first kappa shape index (κ1) is 17.8. The van der Waals surface area contributed by atoms with E-state index in [0.29, 0.717) is 12.0 Å². The zero-order chi connectivity index (χ0) is 18.8. The Balaban J connectivity index is 1.63. The van der Waals surface area contributed by atoms with E-state index in [1.165, 1.54) is 37.4 Å². The summed E-state index contributed by atoms with van der Waals surface area (Å²) in [6.07, 6.45) is 0.394. The number of rotatable bonds is 6. The molecule has 0 aliphatic heterocycles. The summed E-state index contributed by atoms with van der Waals surface area (Å²) >= 11 is 0. The van der Waals surface area contributed by atoms with Crippen LogP contribution in [0.4, 0.5) is 8.78 Å². The molecule has 7 heteroatoms. The monoisotopic (exact) mass is 361 g/mol. The second kappa shape index (κ2) is 7.11. The van der Waals surface area contributed by atoms with Crippen LogP contribution in [0.1, 0.15) is 33.8 Å². The van der Waals surface area contributed by atoms with Gasteiger partial charge in [-0.05, 0) is 36.2 Å². The van der Waals surface area contributed by atoms with Gasteiger partial charge in [0.2, 0.25) is 5.91 Å². The van der Waals surface area contributed by atoms with Crippen molar-refractivity contribution in [1.82, 2.24) is 5.32 Å². The Morgan fingerprint density at radius 2 is 1.92 bits per heavy atom. The lowest BCUT2D eigenvalue weighted by molar-refractivity contribution is -0.122. The number of amides is 1. The number of hydrogen-bond donors (Lipinski definition) is 2. The van der Waals surface area contributed by atoms with Crippen LogP contribution in [0.15, 0.2) is 36.4 Å². The highest BCUT2D eigenvalue weighted by Crippen LogP contribution is 2.49. The van der Waals surface area contributed by atoms with Gasteiger partial charge in [-0.25, -0.2) is 13.6 Å². The van der Waals surface area contributed by atoms with E-state index in [0.717, 1.165) is 0 Å². The molecule has 0 bridgehead atoms. The van der Waals surface area contributed by atoms with Crippen LogP contribution < -0.4 is 10.1 Å². The summed E-state index contributed by atoms with van der Waals surface area (Å²) in [5, 5.41) is 11.8. The summed E-state index contributed by atoms with van der Waals surface area (Å²) in [5.41, 5.74) is 0.648. The van der Waals surface area contributed by atoms with Crippen LogP contribution in [-0.2, 0) is 11.3 Å². The van der Waals surface area contributed by atoms with Crippen molar-refractivity contribution < 1.29 is 28.2 Å². The number of hydrogen-bond acceptors (Lipinski definition) is 3. The van der Waals surface area contributed by atoms with Crippen LogP contribution in [0.25, 0.3) is 0 Å². The molecule has 3 rings (SSSR count). The van der Waals surface area contributed by atoms with Crippen molar-refractivity contribution >= 4 is 11.9 Å². The van der Waals surface area contributed by atoms with Gasteiger partial charge in [-0.1, -0.05) is 12.1 Å². The summed E-state index contributed by atoms with van der Waals surface area (Å²) in [5.74, 6) is -3.41. The average Bonchev–Trinajstić information content (AvgIpc) is 3.39. The van der Waals surface area contributed by atoms with E-state index < -0.39 is 29.4 Å². The second-order valence-corrected chi connectivity index (χ2v) is 6.14. The minimum atomic E-state index is -1.11. The molecule has 136 valence electrons. The summed E-state index contributed by atoms with van der Waals surface area (Å²) in [6.45, 7) is 0.165. The Morgan fingerprint density at radius 3 is 2.54 bits per heavy atom. The Bertz CT molecular complexity index is 848. The van der Waals surface area contributed by atoms with E-state index in [1.807, 2.05) is 0 Å². The molecule has 2 aromatic rings. The predicted molar refractivity (Wildman–Crippen MR) is 89.0 cm³/mol. The van der Waals surface area contributed by atoms with Crippen molar-refractivity contribution in [3.05, 3.63) is 64.7 Å². The van der Waals surface area contributed by atoms with Crippen molar-refractivity contribution in [2.45, 2.75) is 18.9 Å². The fraction of sp³-hybridized carbons (Fsp3) is 0.263. The number of carboxylic acids is 1. The number of ether oxygens (including phenoxy) is 1. The molecule has 5 nitrogen and oxygen atoms in total. The van der Waals surface area contributed by atoms with E-state index in [9.17, 15) is 18.4 Å². The van der Waals surface area contributed by atoms with Gasteiger partial charge in [0.05, 0.1) is 7.11 Å². The largest absolute Gasteiger partial charge is 0.496 e. The summed E-state index contributed by atoms with van der Waals surface area (Å²) in [4.78, 5) is 23.3. The number of carboxylic acid groups (broad SMARTS) is 1. The molecule has 0 saturated heterocycles. The molecular weight excluding hydrogens is 344 g/mol. The van der Waals surface area contributed by atoms with Crippen LogP contribution in [0, 0.1) is 17.6 Å². The third-order valence-electron chi connectivity index (χ3n) is 4.46. The molecule has 1 aliphatic rings. The minimum Gasteiger partial charge on any atom is -0.496 e. The fourth-order valence-corrected chi connectivity index (χ4v) is 3.01. The van der Waals surface area contributed by atoms with Crippen LogP contribution >= 0.6 is 0 Å². The molecule has 0 aromatic heterocycles. The van der Waals surface area contributed by atoms with Gasteiger partial charge in [0.25, 0.3) is 0 Å².